The Morgan fingerprint density at radius 3 is 2.65 bits per heavy atom. The maximum atomic E-state index is 4.42. The first kappa shape index (κ1) is 16.1. The van der Waals surface area contributed by atoms with E-state index in [1.54, 1.807) is 0 Å². The van der Waals surface area contributed by atoms with Crippen LogP contribution in [0.5, 0.6) is 0 Å². The minimum Gasteiger partial charge on any atom is -0.273 e. The molecule has 1 aliphatic carbocycles. The minimum absolute atomic E-state index is 0.477. The summed E-state index contributed by atoms with van der Waals surface area (Å²) in [4.78, 5) is 0. The zero-order valence-corrected chi connectivity index (χ0v) is 14.7. The quantitative estimate of drug-likeness (QED) is 0.623. The number of alkyl halides is 1. The van der Waals surface area contributed by atoms with Gasteiger partial charge in [0, 0.05) is 18.1 Å². The minimum atomic E-state index is 0.477. The number of aryl methyl sites for hydroxylation is 1. The van der Waals surface area contributed by atoms with Crippen LogP contribution < -0.4 is 0 Å². The zero-order chi connectivity index (χ0) is 14.4. The van der Waals surface area contributed by atoms with E-state index in [1.165, 1.54) is 56.9 Å². The monoisotopic (exact) mass is 340 g/mol. The molecule has 0 unspecified atom stereocenters. The third-order valence-electron chi connectivity index (χ3n) is 5.01. The molecule has 0 aromatic carbocycles. The Balaban J connectivity index is 1.91. The zero-order valence-electron chi connectivity index (χ0n) is 13.1. The molecular weight excluding hydrogens is 312 g/mol. The van der Waals surface area contributed by atoms with Gasteiger partial charge in [0.2, 0.25) is 0 Å². The Morgan fingerprint density at radius 2 is 2.10 bits per heavy atom. The van der Waals surface area contributed by atoms with Crippen LogP contribution in [-0.4, -0.2) is 15.1 Å². The second kappa shape index (κ2) is 7.63. The maximum absolute atomic E-state index is 4.42. The van der Waals surface area contributed by atoms with Crippen molar-refractivity contribution in [2.45, 2.75) is 71.8 Å². The third-order valence-corrected chi connectivity index (χ3v) is 6.19. The first-order valence-corrected chi connectivity index (χ1v) is 9.41. The number of rotatable bonds is 7. The summed E-state index contributed by atoms with van der Waals surface area (Å²) in [6.45, 7) is 5.42. The highest BCUT2D eigenvalue weighted by Gasteiger charge is 2.34. The van der Waals surface area contributed by atoms with Crippen LogP contribution in [0.15, 0.2) is 12.4 Å². The summed E-state index contributed by atoms with van der Waals surface area (Å²) in [5.41, 5.74) is 1.89. The molecule has 0 aliphatic heterocycles. The smallest absolute Gasteiger partial charge is 0.0521 e. The Morgan fingerprint density at radius 1 is 1.35 bits per heavy atom. The molecule has 2 nitrogen and oxygen atoms in total. The van der Waals surface area contributed by atoms with Crippen molar-refractivity contribution >= 4 is 15.9 Å². The highest BCUT2D eigenvalue weighted by atomic mass is 79.9. The van der Waals surface area contributed by atoms with Crippen molar-refractivity contribution in [3.05, 3.63) is 18.0 Å². The van der Waals surface area contributed by atoms with Crippen molar-refractivity contribution in [1.29, 1.82) is 0 Å². The molecule has 0 radical (unpaired) electrons. The summed E-state index contributed by atoms with van der Waals surface area (Å²) in [5.74, 6) is 0.987. The molecule has 1 aliphatic rings. The van der Waals surface area contributed by atoms with E-state index >= 15 is 0 Å². The molecule has 1 fully saturated rings. The van der Waals surface area contributed by atoms with Gasteiger partial charge in [-0.25, -0.2) is 0 Å². The van der Waals surface area contributed by atoms with Gasteiger partial charge in [-0.1, -0.05) is 42.1 Å². The van der Waals surface area contributed by atoms with Gasteiger partial charge >= 0.3 is 0 Å². The van der Waals surface area contributed by atoms with Gasteiger partial charge in [0.05, 0.1) is 6.20 Å². The molecule has 3 heteroatoms. The van der Waals surface area contributed by atoms with E-state index in [-0.39, 0.29) is 0 Å². The molecule has 0 N–H and O–H groups in total. The van der Waals surface area contributed by atoms with Gasteiger partial charge in [0.15, 0.2) is 0 Å². The van der Waals surface area contributed by atoms with Gasteiger partial charge in [0.1, 0.15) is 0 Å². The van der Waals surface area contributed by atoms with Crippen LogP contribution in [0.2, 0.25) is 0 Å². The molecule has 0 atom stereocenters. The second-order valence-corrected chi connectivity index (χ2v) is 7.16. The summed E-state index contributed by atoms with van der Waals surface area (Å²) in [5, 5.41) is 5.56. The molecule has 1 aromatic rings. The van der Waals surface area contributed by atoms with E-state index in [4.69, 9.17) is 0 Å². The molecular formula is C17H29BrN2. The highest BCUT2D eigenvalue weighted by Crippen LogP contribution is 2.44. The molecule has 0 bridgehead atoms. The summed E-state index contributed by atoms with van der Waals surface area (Å²) in [6.07, 6.45) is 15.3. The largest absolute Gasteiger partial charge is 0.273 e. The molecule has 114 valence electrons. The average Bonchev–Trinajstić information content (AvgIpc) is 2.94. The lowest BCUT2D eigenvalue weighted by Crippen LogP contribution is -2.31. The molecule has 20 heavy (non-hydrogen) atoms. The second-order valence-electron chi connectivity index (χ2n) is 6.60. The number of hydrogen-bond donors (Lipinski definition) is 0. The lowest BCUT2D eigenvalue weighted by molar-refractivity contribution is 0.168. The van der Waals surface area contributed by atoms with Crippen molar-refractivity contribution < 1.29 is 0 Å². The number of halogens is 1. The van der Waals surface area contributed by atoms with Gasteiger partial charge in [0.25, 0.3) is 0 Å². The van der Waals surface area contributed by atoms with Gasteiger partial charge in [-0.15, -0.1) is 0 Å². The fourth-order valence-corrected chi connectivity index (χ4v) is 4.29. The van der Waals surface area contributed by atoms with Gasteiger partial charge in [-0.05, 0) is 55.9 Å². The standard InChI is InChI=1S/C17H29BrN2/c1-3-5-6-15-7-9-17(14-18,10-8-15)11-16-12-19-20(4-2)13-16/h12-13,15H,3-11,14H2,1-2H3. The molecule has 0 spiro atoms. The lowest BCUT2D eigenvalue weighted by Gasteiger charge is -2.39. The van der Waals surface area contributed by atoms with Crippen LogP contribution in [0, 0.1) is 11.3 Å². The first-order valence-electron chi connectivity index (χ1n) is 8.28. The molecule has 1 saturated carbocycles. The number of hydrogen-bond acceptors (Lipinski definition) is 1. The van der Waals surface area contributed by atoms with E-state index in [0.29, 0.717) is 5.41 Å². The van der Waals surface area contributed by atoms with Crippen LogP contribution >= 0.6 is 15.9 Å². The maximum Gasteiger partial charge on any atom is 0.0521 e. The summed E-state index contributed by atoms with van der Waals surface area (Å²) >= 11 is 3.79. The van der Waals surface area contributed by atoms with Crippen LogP contribution in [0.1, 0.15) is 64.4 Å². The highest BCUT2D eigenvalue weighted by molar-refractivity contribution is 9.09. The third kappa shape index (κ3) is 4.09. The van der Waals surface area contributed by atoms with Crippen LogP contribution in [0.25, 0.3) is 0 Å². The molecule has 2 rings (SSSR count). The van der Waals surface area contributed by atoms with Crippen molar-refractivity contribution in [2.75, 3.05) is 5.33 Å². The fourth-order valence-electron chi connectivity index (χ4n) is 3.53. The van der Waals surface area contributed by atoms with Gasteiger partial charge in [-0.2, -0.15) is 5.10 Å². The number of nitrogens with zero attached hydrogens (tertiary/aromatic N) is 2. The molecule has 1 heterocycles. The predicted octanol–water partition coefficient (Wildman–Crippen LogP) is 5.21. The average molecular weight is 341 g/mol. The number of aromatic nitrogens is 2. The van der Waals surface area contributed by atoms with Crippen LogP contribution in [0.3, 0.4) is 0 Å². The summed E-state index contributed by atoms with van der Waals surface area (Å²) < 4.78 is 2.05. The van der Waals surface area contributed by atoms with Crippen molar-refractivity contribution in [3.63, 3.8) is 0 Å². The fraction of sp³-hybridized carbons (Fsp3) is 0.824. The van der Waals surface area contributed by atoms with Crippen LogP contribution in [-0.2, 0) is 13.0 Å². The normalized spacial score (nSPS) is 26.9. The van der Waals surface area contributed by atoms with E-state index in [9.17, 15) is 0 Å². The van der Waals surface area contributed by atoms with E-state index in [0.717, 1.165) is 17.8 Å². The predicted molar refractivity (Wildman–Crippen MR) is 89.3 cm³/mol. The van der Waals surface area contributed by atoms with E-state index in [1.807, 2.05) is 4.68 Å². The molecule has 0 amide bonds. The molecule has 0 saturated heterocycles. The SMILES string of the molecule is CCCCC1CCC(CBr)(Cc2cnn(CC)c2)CC1. The Bertz CT molecular complexity index is 391. The summed E-state index contributed by atoms with van der Waals surface area (Å²) in [7, 11) is 0. The van der Waals surface area contributed by atoms with Crippen molar-refractivity contribution in [2.24, 2.45) is 11.3 Å². The number of unbranched alkanes of at least 4 members (excludes halogenated alkanes) is 1. The van der Waals surface area contributed by atoms with Crippen molar-refractivity contribution in [3.8, 4) is 0 Å². The molecule has 1 aromatic heterocycles. The Hall–Kier alpha value is -0.310. The van der Waals surface area contributed by atoms with Crippen LogP contribution in [0.4, 0.5) is 0 Å². The lowest BCUT2D eigenvalue weighted by atomic mass is 9.68. The summed E-state index contributed by atoms with van der Waals surface area (Å²) in [6, 6.07) is 0. The Kier molecular flexibility index (Phi) is 6.13. The van der Waals surface area contributed by atoms with Gasteiger partial charge < -0.3 is 0 Å². The van der Waals surface area contributed by atoms with E-state index < -0.39 is 0 Å². The van der Waals surface area contributed by atoms with E-state index in [2.05, 4.69) is 47.3 Å². The topological polar surface area (TPSA) is 17.8 Å². The van der Waals surface area contributed by atoms with Gasteiger partial charge in [-0.3, -0.25) is 4.68 Å². The Labute approximate surface area is 132 Å². The van der Waals surface area contributed by atoms with Crippen molar-refractivity contribution in [1.82, 2.24) is 9.78 Å². The first-order chi connectivity index (χ1) is 9.71.